The molecule has 0 radical (unpaired) electrons. The van der Waals surface area contributed by atoms with Crippen LogP contribution in [-0.2, 0) is 4.79 Å². The van der Waals surface area contributed by atoms with Gasteiger partial charge in [0.2, 0.25) is 5.91 Å². The van der Waals surface area contributed by atoms with Crippen LogP contribution in [0.4, 0.5) is 5.00 Å². The molecule has 9 heteroatoms. The van der Waals surface area contributed by atoms with Crippen LogP contribution in [0, 0.1) is 13.8 Å². The van der Waals surface area contributed by atoms with E-state index in [-0.39, 0.29) is 5.11 Å². The number of methoxy groups -OCH3 is 2. The Bertz CT molecular complexity index is 951. The van der Waals surface area contributed by atoms with E-state index in [4.69, 9.17) is 27.4 Å². The van der Waals surface area contributed by atoms with E-state index >= 15 is 0 Å². The van der Waals surface area contributed by atoms with Crippen molar-refractivity contribution in [3.63, 3.8) is 0 Å². The highest BCUT2D eigenvalue weighted by Crippen LogP contribution is 2.32. The van der Waals surface area contributed by atoms with Crippen LogP contribution in [0.5, 0.6) is 11.5 Å². The molecule has 148 valence electrons. The van der Waals surface area contributed by atoms with Crippen molar-refractivity contribution in [2.45, 2.75) is 13.8 Å². The number of carbonyl (C=O) groups is 2. The van der Waals surface area contributed by atoms with Gasteiger partial charge in [0.15, 0.2) is 16.6 Å². The fourth-order valence-electron chi connectivity index (χ4n) is 2.43. The first-order valence-electron chi connectivity index (χ1n) is 8.18. The monoisotopic (exact) mass is 419 g/mol. The van der Waals surface area contributed by atoms with E-state index in [1.165, 1.54) is 24.5 Å². The molecule has 2 amide bonds. The maximum absolute atomic E-state index is 12.1. The smallest absolute Gasteiger partial charge is 0.251 e. The van der Waals surface area contributed by atoms with Crippen molar-refractivity contribution in [3.05, 3.63) is 45.8 Å². The highest BCUT2D eigenvalue weighted by Gasteiger charge is 2.18. The first-order valence-corrected chi connectivity index (χ1v) is 9.41. The predicted octanol–water partition coefficient (Wildman–Crippen LogP) is 3.01. The van der Waals surface area contributed by atoms with Gasteiger partial charge in [0, 0.05) is 11.0 Å². The summed E-state index contributed by atoms with van der Waals surface area (Å²) in [6, 6.07) is 5.28. The summed E-state index contributed by atoms with van der Waals surface area (Å²) in [4.78, 5) is 24.7. The number of primary amides is 1. The molecule has 0 aliphatic heterocycles. The highest BCUT2D eigenvalue weighted by molar-refractivity contribution is 7.80. The number of ether oxygens (including phenoxy) is 2. The lowest BCUT2D eigenvalue weighted by Crippen LogP contribution is -2.33. The van der Waals surface area contributed by atoms with E-state index in [9.17, 15) is 9.59 Å². The third-order valence-corrected chi connectivity index (χ3v) is 5.26. The molecule has 0 saturated heterocycles. The zero-order valence-corrected chi connectivity index (χ0v) is 17.5. The number of benzene rings is 1. The second-order valence-electron chi connectivity index (χ2n) is 5.74. The maximum atomic E-state index is 12.1. The number of aryl methyl sites for hydroxylation is 1. The molecule has 0 spiro atoms. The molecule has 1 aromatic heterocycles. The average molecular weight is 420 g/mol. The van der Waals surface area contributed by atoms with Gasteiger partial charge in [0.25, 0.3) is 5.91 Å². The van der Waals surface area contributed by atoms with Gasteiger partial charge in [-0.05, 0) is 55.4 Å². The van der Waals surface area contributed by atoms with Gasteiger partial charge in [0.05, 0.1) is 19.8 Å². The van der Waals surface area contributed by atoms with Crippen molar-refractivity contribution in [3.8, 4) is 11.5 Å². The van der Waals surface area contributed by atoms with E-state index in [0.29, 0.717) is 22.1 Å². The first-order chi connectivity index (χ1) is 13.3. The van der Waals surface area contributed by atoms with Crippen LogP contribution in [0.25, 0.3) is 6.08 Å². The zero-order valence-electron chi connectivity index (χ0n) is 15.9. The lowest BCUT2D eigenvalue weighted by molar-refractivity contribution is -0.115. The number of hydrogen-bond donors (Lipinski definition) is 3. The van der Waals surface area contributed by atoms with Crippen molar-refractivity contribution in [1.29, 1.82) is 0 Å². The number of rotatable bonds is 6. The van der Waals surface area contributed by atoms with E-state index in [1.807, 2.05) is 13.8 Å². The number of amides is 2. The molecule has 0 aliphatic carbocycles. The van der Waals surface area contributed by atoms with Gasteiger partial charge in [-0.15, -0.1) is 11.3 Å². The van der Waals surface area contributed by atoms with Crippen LogP contribution in [0.3, 0.4) is 0 Å². The lowest BCUT2D eigenvalue weighted by atomic mass is 10.1. The summed E-state index contributed by atoms with van der Waals surface area (Å²) in [5.74, 6) is 0.190. The molecule has 0 bridgehead atoms. The van der Waals surface area contributed by atoms with Gasteiger partial charge < -0.3 is 20.5 Å². The summed E-state index contributed by atoms with van der Waals surface area (Å²) in [6.07, 6.45) is 2.96. The van der Waals surface area contributed by atoms with Crippen molar-refractivity contribution >= 4 is 51.6 Å². The molecule has 0 saturated carbocycles. The Labute approximate surface area is 172 Å². The van der Waals surface area contributed by atoms with Gasteiger partial charge in [0.1, 0.15) is 5.00 Å². The Morgan fingerprint density at radius 2 is 1.86 bits per heavy atom. The quantitative estimate of drug-likeness (QED) is 0.491. The number of thiocarbonyl (C=S) groups is 1. The standard InChI is InChI=1S/C19H21N3O4S2/c1-10-11(2)28-18(16(10)17(20)24)22-19(27)21-15(23)8-6-12-5-7-13(25-3)14(9-12)26-4/h5-9H,1-4H3,(H2,20,24)(H2,21,22,23,27)/b8-6+. The first kappa shape index (κ1) is 21.4. The topological polar surface area (TPSA) is 103 Å². The average Bonchev–Trinajstić information content (AvgIpc) is 2.92. The molecule has 28 heavy (non-hydrogen) atoms. The molecule has 2 rings (SSSR count). The number of nitrogens with two attached hydrogens (primary N) is 1. The second kappa shape index (κ2) is 9.34. The van der Waals surface area contributed by atoms with Crippen molar-refractivity contribution in [2.24, 2.45) is 5.73 Å². The minimum absolute atomic E-state index is 0.0747. The van der Waals surface area contributed by atoms with Crippen LogP contribution in [-0.4, -0.2) is 31.1 Å². The normalized spacial score (nSPS) is 10.6. The SMILES string of the molecule is COc1ccc(/C=C/C(=O)NC(=S)Nc2sc(C)c(C)c2C(N)=O)cc1OC. The Hall–Kier alpha value is -2.91. The summed E-state index contributed by atoms with van der Waals surface area (Å²) in [6.45, 7) is 3.69. The third-order valence-electron chi connectivity index (χ3n) is 3.93. The number of hydrogen-bond acceptors (Lipinski definition) is 6. The molecule has 1 aromatic carbocycles. The van der Waals surface area contributed by atoms with Gasteiger partial charge in [-0.2, -0.15) is 0 Å². The molecule has 0 aliphatic rings. The summed E-state index contributed by atoms with van der Waals surface area (Å²) < 4.78 is 10.4. The van der Waals surface area contributed by atoms with Crippen LogP contribution < -0.4 is 25.8 Å². The Morgan fingerprint density at radius 1 is 1.18 bits per heavy atom. The summed E-state index contributed by atoms with van der Waals surface area (Å²) in [5.41, 5.74) is 7.35. The minimum Gasteiger partial charge on any atom is -0.493 e. The zero-order chi connectivity index (χ0) is 20.8. The van der Waals surface area contributed by atoms with Crippen LogP contribution >= 0.6 is 23.6 Å². The van der Waals surface area contributed by atoms with Gasteiger partial charge in [-0.1, -0.05) is 6.07 Å². The lowest BCUT2D eigenvalue weighted by Gasteiger charge is -2.08. The molecule has 1 heterocycles. The molecule has 0 unspecified atom stereocenters. The van der Waals surface area contributed by atoms with Crippen LogP contribution in [0.1, 0.15) is 26.4 Å². The third kappa shape index (κ3) is 5.08. The van der Waals surface area contributed by atoms with Gasteiger partial charge in [-0.25, -0.2) is 0 Å². The largest absolute Gasteiger partial charge is 0.493 e. The maximum Gasteiger partial charge on any atom is 0.251 e. The fourth-order valence-corrected chi connectivity index (χ4v) is 3.77. The Kier molecular flexibility index (Phi) is 7.13. The summed E-state index contributed by atoms with van der Waals surface area (Å²) in [5, 5.41) is 5.99. The van der Waals surface area contributed by atoms with Gasteiger partial charge >= 0.3 is 0 Å². The number of carbonyl (C=O) groups excluding carboxylic acids is 2. The number of anilines is 1. The van der Waals surface area contributed by atoms with Crippen molar-refractivity contribution in [2.75, 3.05) is 19.5 Å². The molecule has 2 aromatic rings. The molecule has 0 atom stereocenters. The number of nitrogens with one attached hydrogen (secondary N) is 2. The van der Waals surface area contributed by atoms with Crippen LogP contribution in [0.2, 0.25) is 0 Å². The van der Waals surface area contributed by atoms with Gasteiger partial charge in [-0.3, -0.25) is 14.9 Å². The highest BCUT2D eigenvalue weighted by atomic mass is 32.1. The fraction of sp³-hybridized carbons (Fsp3) is 0.211. The second-order valence-corrected chi connectivity index (χ2v) is 7.38. The minimum atomic E-state index is -0.549. The van der Waals surface area contributed by atoms with E-state index in [2.05, 4.69) is 10.6 Å². The van der Waals surface area contributed by atoms with Crippen molar-refractivity contribution in [1.82, 2.24) is 5.32 Å². The number of thiophene rings is 1. The Morgan fingerprint density at radius 3 is 2.46 bits per heavy atom. The summed E-state index contributed by atoms with van der Waals surface area (Å²) in [7, 11) is 3.09. The van der Waals surface area contributed by atoms with E-state index in [1.54, 1.807) is 31.4 Å². The molecule has 4 N–H and O–H groups in total. The van der Waals surface area contributed by atoms with E-state index in [0.717, 1.165) is 16.0 Å². The van der Waals surface area contributed by atoms with Crippen molar-refractivity contribution < 1.29 is 19.1 Å². The molecule has 0 fully saturated rings. The van der Waals surface area contributed by atoms with E-state index < -0.39 is 11.8 Å². The summed E-state index contributed by atoms with van der Waals surface area (Å²) >= 11 is 6.50. The molecular formula is C19H21N3O4S2. The Balaban J connectivity index is 2.04. The molecular weight excluding hydrogens is 398 g/mol. The molecule has 7 nitrogen and oxygen atoms in total. The predicted molar refractivity (Wildman–Crippen MR) is 115 cm³/mol. The van der Waals surface area contributed by atoms with Crippen LogP contribution in [0.15, 0.2) is 24.3 Å².